The van der Waals surface area contributed by atoms with Crippen molar-refractivity contribution in [1.82, 2.24) is 15.4 Å². The first-order valence-electron chi connectivity index (χ1n) is 10.2. The fourth-order valence-corrected chi connectivity index (χ4v) is 3.66. The van der Waals surface area contributed by atoms with Crippen molar-refractivity contribution in [3.8, 4) is 17.2 Å². The number of non-ortho nitro benzene ring substituents is 1. The number of aromatic nitrogens is 2. The number of benzene rings is 2. The molecule has 0 saturated carbocycles. The second kappa shape index (κ2) is 11.7. The highest BCUT2D eigenvalue weighted by molar-refractivity contribution is 7.99. The van der Waals surface area contributed by atoms with E-state index in [0.717, 1.165) is 29.6 Å². The van der Waals surface area contributed by atoms with Crippen LogP contribution in [0.4, 0.5) is 11.4 Å². The van der Waals surface area contributed by atoms with E-state index in [2.05, 4.69) is 20.5 Å². The molecule has 0 bridgehead atoms. The minimum atomic E-state index is -0.775. The van der Waals surface area contributed by atoms with Crippen molar-refractivity contribution in [2.75, 3.05) is 12.9 Å². The maximum atomic E-state index is 12.1. The Morgan fingerprint density at radius 2 is 1.72 bits per heavy atom. The Kier molecular flexibility index (Phi) is 8.46. The van der Waals surface area contributed by atoms with Crippen LogP contribution in [0.15, 0.2) is 52.7 Å². The maximum absolute atomic E-state index is 12.1. The molecule has 0 aliphatic heterocycles. The highest BCUT2D eigenvalue weighted by Gasteiger charge is 2.22. The summed E-state index contributed by atoms with van der Waals surface area (Å²) in [6.45, 7) is 3.70. The monoisotopic (exact) mass is 512 g/mol. The van der Waals surface area contributed by atoms with E-state index < -0.39 is 21.2 Å². The summed E-state index contributed by atoms with van der Waals surface area (Å²) in [6.07, 6.45) is 1.39. The van der Waals surface area contributed by atoms with Gasteiger partial charge in [0.05, 0.1) is 35.0 Å². The molecule has 1 N–H and O–H groups in total. The summed E-state index contributed by atoms with van der Waals surface area (Å²) in [5.41, 5.74) is 3.58. The van der Waals surface area contributed by atoms with Crippen molar-refractivity contribution in [3.05, 3.63) is 79.6 Å². The second-order valence-electron chi connectivity index (χ2n) is 7.19. The van der Waals surface area contributed by atoms with Gasteiger partial charge in [-0.2, -0.15) is 5.10 Å². The lowest BCUT2D eigenvalue weighted by Gasteiger charge is -2.11. The van der Waals surface area contributed by atoms with Gasteiger partial charge in [-0.15, -0.1) is 0 Å². The van der Waals surface area contributed by atoms with Gasteiger partial charge in [0.15, 0.2) is 16.7 Å². The average molecular weight is 513 g/mol. The Bertz CT molecular complexity index is 1330. The molecule has 1 heterocycles. The topological polar surface area (TPSA) is 172 Å². The van der Waals surface area contributed by atoms with Crippen molar-refractivity contribution in [2.24, 2.45) is 5.10 Å². The lowest BCUT2D eigenvalue weighted by molar-refractivity contribution is -0.394. The molecule has 3 rings (SSSR count). The van der Waals surface area contributed by atoms with E-state index in [9.17, 15) is 25.0 Å². The summed E-state index contributed by atoms with van der Waals surface area (Å²) < 4.78 is 10.9. The standard InChI is InChI=1S/C22H20N6O7S/c1-13-8-14(2)25-22(24-13)36-12-21(29)26-23-11-15-4-6-19(20(9-15)34-3)35-18-7-5-16(27(30)31)10-17(18)28(32)33/h4-11H,12H2,1-3H3,(H,26,29)/b23-11-. The van der Waals surface area contributed by atoms with Crippen molar-refractivity contribution in [2.45, 2.75) is 19.0 Å². The number of methoxy groups -OCH3 is 1. The number of nitro benzene ring substituents is 2. The lowest BCUT2D eigenvalue weighted by atomic mass is 10.2. The van der Waals surface area contributed by atoms with E-state index in [-0.39, 0.29) is 28.9 Å². The molecule has 0 radical (unpaired) electrons. The number of amides is 1. The van der Waals surface area contributed by atoms with Crippen molar-refractivity contribution in [1.29, 1.82) is 0 Å². The Labute approximate surface area is 208 Å². The van der Waals surface area contributed by atoms with Crippen LogP contribution in [-0.2, 0) is 4.79 Å². The lowest BCUT2D eigenvalue weighted by Crippen LogP contribution is -2.19. The normalized spacial score (nSPS) is 10.8. The average Bonchev–Trinajstić information content (AvgIpc) is 2.83. The molecule has 36 heavy (non-hydrogen) atoms. The molecule has 0 atom stereocenters. The van der Waals surface area contributed by atoms with Crippen LogP contribution in [0.25, 0.3) is 0 Å². The van der Waals surface area contributed by atoms with Gasteiger partial charge in [0, 0.05) is 17.5 Å². The van der Waals surface area contributed by atoms with Crippen LogP contribution in [0.2, 0.25) is 0 Å². The molecule has 0 unspecified atom stereocenters. The summed E-state index contributed by atoms with van der Waals surface area (Å²) in [7, 11) is 1.38. The van der Waals surface area contributed by atoms with Gasteiger partial charge in [0.2, 0.25) is 5.75 Å². The Morgan fingerprint density at radius 3 is 2.36 bits per heavy atom. The number of nitrogens with one attached hydrogen (secondary N) is 1. The minimum absolute atomic E-state index is 0.0738. The summed E-state index contributed by atoms with van der Waals surface area (Å²) in [4.78, 5) is 41.3. The van der Waals surface area contributed by atoms with Gasteiger partial charge in [-0.25, -0.2) is 15.4 Å². The highest BCUT2D eigenvalue weighted by atomic mass is 32.2. The van der Waals surface area contributed by atoms with E-state index >= 15 is 0 Å². The summed E-state index contributed by atoms with van der Waals surface area (Å²) in [5, 5.41) is 26.7. The molecule has 2 aromatic carbocycles. The number of nitro groups is 2. The molecule has 0 fully saturated rings. The first-order chi connectivity index (χ1) is 17.2. The molecular formula is C22H20N6O7S. The zero-order chi connectivity index (χ0) is 26.2. The minimum Gasteiger partial charge on any atom is -0.493 e. The van der Waals surface area contributed by atoms with Gasteiger partial charge in [0.25, 0.3) is 11.6 Å². The SMILES string of the molecule is COc1cc(/C=N\NC(=O)CSc2nc(C)cc(C)n2)ccc1Oc1ccc([N+](=O)[O-])cc1[N+](=O)[O-]. The van der Waals surface area contributed by atoms with Crippen LogP contribution < -0.4 is 14.9 Å². The predicted molar refractivity (Wildman–Crippen MR) is 131 cm³/mol. The van der Waals surface area contributed by atoms with Crippen LogP contribution in [0, 0.1) is 34.1 Å². The van der Waals surface area contributed by atoms with E-state index in [0.29, 0.717) is 10.7 Å². The molecule has 0 spiro atoms. The van der Waals surface area contributed by atoms with Crippen LogP contribution in [0.1, 0.15) is 17.0 Å². The fraction of sp³-hybridized carbons (Fsp3) is 0.182. The fourth-order valence-electron chi connectivity index (χ4n) is 2.91. The largest absolute Gasteiger partial charge is 0.493 e. The first kappa shape index (κ1) is 26.0. The number of hydrazone groups is 1. The molecular weight excluding hydrogens is 492 g/mol. The molecule has 13 nitrogen and oxygen atoms in total. The summed E-state index contributed by atoms with van der Waals surface area (Å²) in [6, 6.07) is 9.51. The molecule has 0 aliphatic carbocycles. The number of carbonyl (C=O) groups is 1. The zero-order valence-electron chi connectivity index (χ0n) is 19.3. The molecule has 186 valence electrons. The first-order valence-corrected chi connectivity index (χ1v) is 11.2. The number of thioether (sulfide) groups is 1. The number of nitrogens with zero attached hydrogens (tertiary/aromatic N) is 5. The second-order valence-corrected chi connectivity index (χ2v) is 8.14. The molecule has 1 aromatic heterocycles. The predicted octanol–water partition coefficient (Wildman–Crippen LogP) is 3.95. The number of rotatable bonds is 10. The van der Waals surface area contributed by atoms with Crippen molar-refractivity contribution < 1.29 is 24.1 Å². The molecule has 1 amide bonds. The number of ether oxygens (including phenoxy) is 2. The Balaban J connectivity index is 1.66. The van der Waals surface area contributed by atoms with Crippen LogP contribution in [-0.4, -0.2) is 44.8 Å². The van der Waals surface area contributed by atoms with Gasteiger partial charge >= 0.3 is 5.69 Å². The molecule has 3 aromatic rings. The third-order valence-corrected chi connectivity index (χ3v) is 5.30. The molecule has 0 aliphatic rings. The summed E-state index contributed by atoms with van der Waals surface area (Å²) >= 11 is 1.19. The van der Waals surface area contributed by atoms with E-state index in [1.54, 1.807) is 12.1 Å². The molecule has 0 saturated heterocycles. The van der Waals surface area contributed by atoms with Crippen molar-refractivity contribution in [3.63, 3.8) is 0 Å². The number of hydrogen-bond donors (Lipinski definition) is 1. The van der Waals surface area contributed by atoms with Gasteiger partial charge in [-0.1, -0.05) is 11.8 Å². The quantitative estimate of drug-likeness (QED) is 0.138. The summed E-state index contributed by atoms with van der Waals surface area (Å²) in [5.74, 6) is -0.107. The van der Waals surface area contributed by atoms with E-state index in [1.165, 1.54) is 31.2 Å². The highest BCUT2D eigenvalue weighted by Crippen LogP contribution is 2.38. The number of carbonyl (C=O) groups excluding carboxylic acids is 1. The van der Waals surface area contributed by atoms with E-state index in [4.69, 9.17) is 9.47 Å². The van der Waals surface area contributed by atoms with Gasteiger partial charge in [0.1, 0.15) is 0 Å². The molecule has 14 heteroatoms. The number of hydrogen-bond acceptors (Lipinski definition) is 11. The van der Waals surface area contributed by atoms with Crippen LogP contribution in [0.3, 0.4) is 0 Å². The van der Waals surface area contributed by atoms with Crippen molar-refractivity contribution >= 4 is 35.3 Å². The third-order valence-electron chi connectivity index (χ3n) is 4.45. The van der Waals surface area contributed by atoms with Gasteiger partial charge in [-0.3, -0.25) is 25.0 Å². The van der Waals surface area contributed by atoms with Gasteiger partial charge in [-0.05, 0) is 49.7 Å². The third kappa shape index (κ3) is 6.96. The Hall–Kier alpha value is -4.59. The Morgan fingerprint density at radius 1 is 1.03 bits per heavy atom. The van der Waals surface area contributed by atoms with Gasteiger partial charge < -0.3 is 9.47 Å². The van der Waals surface area contributed by atoms with Crippen LogP contribution >= 0.6 is 11.8 Å². The zero-order valence-corrected chi connectivity index (χ0v) is 20.1. The number of aryl methyl sites for hydroxylation is 2. The van der Waals surface area contributed by atoms with E-state index in [1.807, 2.05) is 19.9 Å². The maximum Gasteiger partial charge on any atom is 0.318 e. The smallest absolute Gasteiger partial charge is 0.318 e. The van der Waals surface area contributed by atoms with Crippen LogP contribution in [0.5, 0.6) is 17.2 Å².